The van der Waals surface area contributed by atoms with Gasteiger partial charge in [-0.15, -0.1) is 0 Å². The lowest BCUT2D eigenvalue weighted by atomic mass is 9.87. The van der Waals surface area contributed by atoms with E-state index in [1.807, 2.05) is 18.2 Å². The summed E-state index contributed by atoms with van der Waals surface area (Å²) in [6, 6.07) is 14.4. The van der Waals surface area contributed by atoms with Gasteiger partial charge in [0.25, 0.3) is 5.91 Å². The van der Waals surface area contributed by atoms with Crippen molar-refractivity contribution in [2.45, 2.75) is 18.9 Å². The van der Waals surface area contributed by atoms with Crippen molar-refractivity contribution < 1.29 is 9.90 Å². The summed E-state index contributed by atoms with van der Waals surface area (Å²) in [5.74, 6) is -0.155. The van der Waals surface area contributed by atoms with Gasteiger partial charge in [-0.2, -0.15) is 0 Å². The zero-order valence-corrected chi connectivity index (χ0v) is 12.8. The number of hydrogen-bond acceptors (Lipinski definition) is 2. The van der Waals surface area contributed by atoms with Crippen molar-refractivity contribution in [1.82, 2.24) is 5.32 Å². The number of hydrogen-bond donors (Lipinski definition) is 2. The number of carbonyl (C=O) groups is 1. The lowest BCUT2D eigenvalue weighted by Crippen LogP contribution is -2.27. The molecule has 0 unspecified atom stereocenters. The molecule has 0 heterocycles. The van der Waals surface area contributed by atoms with Gasteiger partial charge in [0, 0.05) is 24.1 Å². The standard InChI is InChI=1S/C17H18ClNO2/c1-17(21,13-7-9-14(18)10-8-13)11-12-5-3-4-6-15(12)16(20)19-2/h3-10,21H,11H2,1-2H3,(H,19,20)/t17-/m1/s1. The number of benzene rings is 2. The number of aliphatic hydroxyl groups is 1. The van der Waals surface area contributed by atoms with E-state index < -0.39 is 5.60 Å². The van der Waals surface area contributed by atoms with Crippen LogP contribution in [0.15, 0.2) is 48.5 Å². The summed E-state index contributed by atoms with van der Waals surface area (Å²) in [4.78, 5) is 11.9. The number of carbonyl (C=O) groups excluding carboxylic acids is 1. The van der Waals surface area contributed by atoms with Crippen molar-refractivity contribution in [2.75, 3.05) is 7.05 Å². The second-order valence-corrected chi connectivity index (χ2v) is 5.63. The van der Waals surface area contributed by atoms with E-state index in [4.69, 9.17) is 11.6 Å². The molecule has 0 saturated heterocycles. The molecule has 0 aliphatic carbocycles. The summed E-state index contributed by atoms with van der Waals surface area (Å²) in [5.41, 5.74) is 1.07. The van der Waals surface area contributed by atoms with Crippen LogP contribution >= 0.6 is 11.6 Å². The van der Waals surface area contributed by atoms with Gasteiger partial charge in [-0.1, -0.05) is 41.9 Å². The minimum atomic E-state index is -1.07. The maximum atomic E-state index is 11.9. The van der Waals surface area contributed by atoms with Gasteiger partial charge >= 0.3 is 0 Å². The average Bonchev–Trinajstić information content (AvgIpc) is 2.47. The normalized spacial score (nSPS) is 13.5. The van der Waals surface area contributed by atoms with E-state index in [9.17, 15) is 9.90 Å². The van der Waals surface area contributed by atoms with Gasteiger partial charge in [-0.25, -0.2) is 0 Å². The maximum absolute atomic E-state index is 11.9. The van der Waals surface area contributed by atoms with E-state index in [-0.39, 0.29) is 5.91 Å². The molecule has 2 aromatic rings. The summed E-state index contributed by atoms with van der Waals surface area (Å²) >= 11 is 5.87. The van der Waals surface area contributed by atoms with E-state index >= 15 is 0 Å². The molecule has 110 valence electrons. The summed E-state index contributed by atoms with van der Waals surface area (Å²) < 4.78 is 0. The topological polar surface area (TPSA) is 49.3 Å². The van der Waals surface area contributed by atoms with Crippen LogP contribution in [-0.2, 0) is 12.0 Å². The van der Waals surface area contributed by atoms with Crippen LogP contribution in [0.25, 0.3) is 0 Å². The Labute approximate surface area is 129 Å². The van der Waals surface area contributed by atoms with Crippen LogP contribution < -0.4 is 5.32 Å². The van der Waals surface area contributed by atoms with Crippen molar-refractivity contribution in [2.24, 2.45) is 0 Å². The molecule has 4 heteroatoms. The first-order valence-corrected chi connectivity index (χ1v) is 7.10. The fourth-order valence-corrected chi connectivity index (χ4v) is 2.44. The van der Waals surface area contributed by atoms with Crippen molar-refractivity contribution >= 4 is 17.5 Å². The molecule has 1 amide bonds. The molecule has 2 N–H and O–H groups in total. The average molecular weight is 304 g/mol. The monoisotopic (exact) mass is 303 g/mol. The Morgan fingerprint density at radius 1 is 1.19 bits per heavy atom. The number of nitrogens with one attached hydrogen (secondary N) is 1. The van der Waals surface area contributed by atoms with Gasteiger partial charge in [0.15, 0.2) is 0 Å². The van der Waals surface area contributed by atoms with E-state index in [0.29, 0.717) is 17.0 Å². The third kappa shape index (κ3) is 3.63. The highest BCUT2D eigenvalue weighted by molar-refractivity contribution is 6.30. The Bertz CT molecular complexity index is 635. The van der Waals surface area contributed by atoms with Crippen molar-refractivity contribution in [3.63, 3.8) is 0 Å². The molecular weight excluding hydrogens is 286 g/mol. The fourth-order valence-electron chi connectivity index (χ4n) is 2.31. The van der Waals surface area contributed by atoms with Gasteiger partial charge < -0.3 is 10.4 Å². The molecule has 0 aliphatic heterocycles. The second kappa shape index (κ2) is 6.29. The smallest absolute Gasteiger partial charge is 0.251 e. The lowest BCUT2D eigenvalue weighted by molar-refractivity contribution is 0.0573. The molecule has 2 aromatic carbocycles. The van der Waals surface area contributed by atoms with Crippen molar-refractivity contribution in [1.29, 1.82) is 0 Å². The van der Waals surface area contributed by atoms with Crippen LogP contribution in [0, 0.1) is 0 Å². The zero-order valence-electron chi connectivity index (χ0n) is 12.1. The Hall–Kier alpha value is -1.84. The SMILES string of the molecule is CNC(=O)c1ccccc1C[C@@](C)(O)c1ccc(Cl)cc1. The molecule has 3 nitrogen and oxygen atoms in total. The lowest BCUT2D eigenvalue weighted by Gasteiger charge is -2.25. The molecule has 1 atom stereocenters. The van der Waals surface area contributed by atoms with Gasteiger partial charge in [0.2, 0.25) is 0 Å². The van der Waals surface area contributed by atoms with Crippen LogP contribution in [0.3, 0.4) is 0 Å². The van der Waals surface area contributed by atoms with Crippen molar-refractivity contribution in [3.05, 3.63) is 70.2 Å². The van der Waals surface area contributed by atoms with E-state index in [1.54, 1.807) is 44.3 Å². The molecule has 2 rings (SSSR count). The quantitative estimate of drug-likeness (QED) is 0.911. The Morgan fingerprint density at radius 2 is 1.81 bits per heavy atom. The molecule has 0 saturated carbocycles. The van der Waals surface area contributed by atoms with Gasteiger partial charge in [0.1, 0.15) is 0 Å². The molecule has 0 aromatic heterocycles. The molecule has 0 bridgehead atoms. The van der Waals surface area contributed by atoms with Gasteiger partial charge in [-0.05, 0) is 36.2 Å². The third-order valence-corrected chi connectivity index (χ3v) is 3.74. The summed E-state index contributed by atoms with van der Waals surface area (Å²) in [6.07, 6.45) is 0.345. The van der Waals surface area contributed by atoms with Crippen LogP contribution in [0.5, 0.6) is 0 Å². The Balaban J connectivity index is 2.32. The fraction of sp³-hybridized carbons (Fsp3) is 0.235. The summed E-state index contributed by atoms with van der Waals surface area (Å²) in [6.45, 7) is 1.73. The molecule has 0 radical (unpaired) electrons. The maximum Gasteiger partial charge on any atom is 0.251 e. The minimum Gasteiger partial charge on any atom is -0.385 e. The van der Waals surface area contributed by atoms with Crippen LogP contribution in [0.1, 0.15) is 28.4 Å². The molecular formula is C17H18ClNO2. The van der Waals surface area contributed by atoms with Gasteiger partial charge in [-0.3, -0.25) is 4.79 Å². The molecule has 0 spiro atoms. The van der Waals surface area contributed by atoms with Crippen LogP contribution in [0.2, 0.25) is 5.02 Å². The third-order valence-electron chi connectivity index (χ3n) is 3.49. The van der Waals surface area contributed by atoms with Crippen LogP contribution in [-0.4, -0.2) is 18.1 Å². The Morgan fingerprint density at radius 3 is 2.43 bits per heavy atom. The number of amides is 1. The predicted molar refractivity (Wildman–Crippen MR) is 84.6 cm³/mol. The Kier molecular flexibility index (Phi) is 4.66. The number of rotatable bonds is 4. The highest BCUT2D eigenvalue weighted by Crippen LogP contribution is 2.27. The van der Waals surface area contributed by atoms with E-state index in [2.05, 4.69) is 5.32 Å². The van der Waals surface area contributed by atoms with Crippen molar-refractivity contribution in [3.8, 4) is 0 Å². The van der Waals surface area contributed by atoms with E-state index in [1.165, 1.54) is 0 Å². The first-order chi connectivity index (χ1) is 9.94. The van der Waals surface area contributed by atoms with Gasteiger partial charge in [0.05, 0.1) is 5.60 Å². The first-order valence-electron chi connectivity index (χ1n) is 6.72. The summed E-state index contributed by atoms with van der Waals surface area (Å²) in [7, 11) is 1.59. The first kappa shape index (κ1) is 15.5. The highest BCUT2D eigenvalue weighted by Gasteiger charge is 2.25. The predicted octanol–water partition coefficient (Wildman–Crippen LogP) is 3.15. The second-order valence-electron chi connectivity index (χ2n) is 5.19. The van der Waals surface area contributed by atoms with E-state index in [0.717, 1.165) is 11.1 Å². The zero-order chi connectivity index (χ0) is 15.5. The molecule has 21 heavy (non-hydrogen) atoms. The number of halogens is 1. The minimum absolute atomic E-state index is 0.155. The molecule has 0 fully saturated rings. The molecule has 0 aliphatic rings. The van der Waals surface area contributed by atoms with Crippen LogP contribution in [0.4, 0.5) is 0 Å². The summed E-state index contributed by atoms with van der Waals surface area (Å²) in [5, 5.41) is 14.0. The largest absolute Gasteiger partial charge is 0.385 e. The highest BCUT2D eigenvalue weighted by atomic mass is 35.5.